The molecular formula is C17H15F3N2O6. The molecular weight excluding hydrogens is 385 g/mol. The third-order valence-electron chi connectivity index (χ3n) is 3.91. The highest BCUT2D eigenvalue weighted by molar-refractivity contribution is 6.01. The summed E-state index contributed by atoms with van der Waals surface area (Å²) in [7, 11) is 0. The van der Waals surface area contributed by atoms with Crippen molar-refractivity contribution in [2.24, 2.45) is 4.99 Å². The summed E-state index contributed by atoms with van der Waals surface area (Å²) in [4.78, 5) is 37.5. The fourth-order valence-corrected chi connectivity index (χ4v) is 2.74. The van der Waals surface area contributed by atoms with E-state index < -0.39 is 41.3 Å². The van der Waals surface area contributed by atoms with Crippen LogP contribution < -0.4 is 0 Å². The summed E-state index contributed by atoms with van der Waals surface area (Å²) in [5, 5.41) is 11.0. The van der Waals surface area contributed by atoms with E-state index in [9.17, 15) is 32.9 Å². The second-order valence-electron chi connectivity index (χ2n) is 5.74. The third kappa shape index (κ3) is 4.72. The van der Waals surface area contributed by atoms with Crippen LogP contribution in [0.1, 0.15) is 31.7 Å². The van der Waals surface area contributed by atoms with E-state index in [0.717, 1.165) is 19.1 Å². The number of carbonyl (C=O) groups excluding carboxylic acids is 2. The highest BCUT2D eigenvalue weighted by Gasteiger charge is 2.42. The van der Waals surface area contributed by atoms with Crippen LogP contribution in [0.15, 0.2) is 40.5 Å². The number of nitrogens with zero attached hydrogens (tertiary/aromatic N) is 2. The number of halogens is 3. The number of esters is 1. The molecule has 1 aromatic rings. The van der Waals surface area contributed by atoms with E-state index in [1.165, 1.54) is 19.1 Å². The molecule has 0 saturated heterocycles. The fourth-order valence-electron chi connectivity index (χ4n) is 2.74. The molecule has 1 aliphatic heterocycles. The van der Waals surface area contributed by atoms with Gasteiger partial charge >= 0.3 is 18.3 Å². The van der Waals surface area contributed by atoms with Gasteiger partial charge in [-0.1, -0.05) is 12.1 Å². The average Bonchev–Trinajstić information content (AvgIpc) is 2.60. The van der Waals surface area contributed by atoms with Crippen molar-refractivity contribution < 1.29 is 37.2 Å². The molecule has 0 bridgehead atoms. The minimum Gasteiger partial charge on any atom is -0.434 e. The zero-order valence-electron chi connectivity index (χ0n) is 14.8. The van der Waals surface area contributed by atoms with Gasteiger partial charge in [-0.3, -0.25) is 15.1 Å². The van der Waals surface area contributed by atoms with Crippen molar-refractivity contribution in [1.82, 2.24) is 0 Å². The van der Waals surface area contributed by atoms with Gasteiger partial charge < -0.3 is 9.47 Å². The first kappa shape index (κ1) is 21.1. The molecule has 8 nitrogen and oxygen atoms in total. The first-order valence-electron chi connectivity index (χ1n) is 8.03. The Bertz CT molecular complexity index is 876. The lowest BCUT2D eigenvalue weighted by Gasteiger charge is -2.26. The number of non-ortho nitro benzene ring substituents is 1. The number of ether oxygens (including phenoxy) is 2. The second kappa shape index (κ2) is 8.19. The van der Waals surface area contributed by atoms with Crippen LogP contribution in [0.5, 0.6) is 0 Å². The molecule has 0 N–H and O–H groups in total. The van der Waals surface area contributed by atoms with Gasteiger partial charge in [0, 0.05) is 30.2 Å². The Labute approximate surface area is 156 Å². The molecule has 0 saturated carbocycles. The first-order chi connectivity index (χ1) is 13.0. The van der Waals surface area contributed by atoms with Crippen molar-refractivity contribution in [3.8, 4) is 0 Å². The predicted molar refractivity (Wildman–Crippen MR) is 89.8 cm³/mol. The van der Waals surface area contributed by atoms with E-state index in [4.69, 9.17) is 0 Å². The molecule has 28 heavy (non-hydrogen) atoms. The van der Waals surface area contributed by atoms with Gasteiger partial charge in [0.2, 0.25) is 0 Å². The molecule has 1 aliphatic rings. The SMILES string of the molecule is CCOC(=O)OC(=O)C1=C(C)N=C(C(F)(F)F)CC1c1cccc([N+](=O)[O-])c1. The van der Waals surface area contributed by atoms with Gasteiger partial charge in [0.1, 0.15) is 5.71 Å². The van der Waals surface area contributed by atoms with Gasteiger partial charge in [-0.15, -0.1) is 0 Å². The van der Waals surface area contributed by atoms with Gasteiger partial charge in [0.05, 0.1) is 17.1 Å². The van der Waals surface area contributed by atoms with Crippen molar-refractivity contribution in [3.63, 3.8) is 0 Å². The van der Waals surface area contributed by atoms with Crippen molar-refractivity contribution in [3.05, 3.63) is 51.2 Å². The fraction of sp³-hybridized carbons (Fsp3) is 0.353. The molecule has 0 aliphatic carbocycles. The summed E-state index contributed by atoms with van der Waals surface area (Å²) >= 11 is 0. The summed E-state index contributed by atoms with van der Waals surface area (Å²) in [6, 6.07) is 4.87. The van der Waals surface area contributed by atoms with Crippen molar-refractivity contribution in [2.75, 3.05) is 6.61 Å². The Balaban J connectivity index is 2.52. The van der Waals surface area contributed by atoms with Crippen molar-refractivity contribution >= 4 is 23.5 Å². The van der Waals surface area contributed by atoms with E-state index >= 15 is 0 Å². The smallest absolute Gasteiger partial charge is 0.434 e. The molecule has 1 atom stereocenters. The van der Waals surface area contributed by atoms with Gasteiger partial charge in [0.15, 0.2) is 0 Å². The number of nitro benzene ring substituents is 1. The Kier molecular flexibility index (Phi) is 6.16. The Morgan fingerprint density at radius 3 is 2.61 bits per heavy atom. The maximum absolute atomic E-state index is 13.2. The zero-order valence-corrected chi connectivity index (χ0v) is 14.8. The second-order valence-corrected chi connectivity index (χ2v) is 5.74. The number of hydrogen-bond donors (Lipinski definition) is 0. The third-order valence-corrected chi connectivity index (χ3v) is 3.91. The van der Waals surface area contributed by atoms with Crippen LogP contribution in [-0.2, 0) is 14.3 Å². The molecule has 11 heteroatoms. The van der Waals surface area contributed by atoms with E-state index in [-0.39, 0.29) is 29.1 Å². The highest BCUT2D eigenvalue weighted by Crippen LogP contribution is 2.39. The molecule has 0 radical (unpaired) electrons. The number of carbonyl (C=O) groups is 2. The van der Waals surface area contributed by atoms with Crippen LogP contribution in [0.25, 0.3) is 0 Å². The van der Waals surface area contributed by atoms with E-state index in [1.807, 2.05) is 0 Å². The van der Waals surface area contributed by atoms with Gasteiger partial charge in [0.25, 0.3) is 5.69 Å². The Morgan fingerprint density at radius 1 is 1.36 bits per heavy atom. The molecule has 0 amide bonds. The maximum atomic E-state index is 13.2. The van der Waals surface area contributed by atoms with Crippen LogP contribution in [0, 0.1) is 10.1 Å². The minimum atomic E-state index is -4.75. The summed E-state index contributed by atoms with van der Waals surface area (Å²) in [5.41, 5.74) is -2.02. The zero-order chi connectivity index (χ0) is 21.1. The summed E-state index contributed by atoms with van der Waals surface area (Å²) in [5.74, 6) is -2.46. The number of rotatable bonds is 4. The van der Waals surface area contributed by atoms with Crippen LogP contribution in [0.2, 0.25) is 0 Å². The summed E-state index contributed by atoms with van der Waals surface area (Å²) in [6.45, 7) is 2.56. The highest BCUT2D eigenvalue weighted by atomic mass is 19.4. The number of benzene rings is 1. The monoisotopic (exact) mass is 400 g/mol. The van der Waals surface area contributed by atoms with Crippen LogP contribution in [0.3, 0.4) is 0 Å². The largest absolute Gasteiger partial charge is 0.516 e. The van der Waals surface area contributed by atoms with Gasteiger partial charge in [-0.2, -0.15) is 13.2 Å². The average molecular weight is 400 g/mol. The molecule has 2 rings (SSSR count). The predicted octanol–water partition coefficient (Wildman–Crippen LogP) is 4.06. The number of hydrogen-bond acceptors (Lipinski definition) is 7. The lowest BCUT2D eigenvalue weighted by molar-refractivity contribution is -0.384. The molecule has 1 heterocycles. The number of alkyl halides is 3. The van der Waals surface area contributed by atoms with Crippen molar-refractivity contribution in [1.29, 1.82) is 0 Å². The minimum absolute atomic E-state index is 0.0746. The first-order valence-corrected chi connectivity index (χ1v) is 8.03. The van der Waals surface area contributed by atoms with Crippen LogP contribution in [-0.4, -0.2) is 35.5 Å². The maximum Gasteiger partial charge on any atom is 0.516 e. The lowest BCUT2D eigenvalue weighted by atomic mass is 9.83. The molecule has 0 aromatic heterocycles. The van der Waals surface area contributed by atoms with Gasteiger partial charge in [-0.25, -0.2) is 9.59 Å². The van der Waals surface area contributed by atoms with Crippen LogP contribution in [0.4, 0.5) is 23.7 Å². The quantitative estimate of drug-likeness (QED) is 0.326. The lowest BCUT2D eigenvalue weighted by Crippen LogP contribution is -2.31. The topological polar surface area (TPSA) is 108 Å². The van der Waals surface area contributed by atoms with E-state index in [2.05, 4.69) is 14.5 Å². The summed E-state index contributed by atoms with van der Waals surface area (Å²) < 4.78 is 48.6. The molecule has 0 fully saturated rings. The summed E-state index contributed by atoms with van der Waals surface area (Å²) in [6.07, 6.45) is -6.80. The molecule has 1 unspecified atom stereocenters. The van der Waals surface area contributed by atoms with E-state index in [1.54, 1.807) is 0 Å². The standard InChI is InChI=1S/C17H15F3N2O6/c1-3-27-16(24)28-15(23)14-9(2)21-13(17(18,19)20)8-12(14)10-5-4-6-11(7-10)22(25)26/h4-7,12H,3,8H2,1-2H3. The van der Waals surface area contributed by atoms with Crippen LogP contribution >= 0.6 is 0 Å². The van der Waals surface area contributed by atoms with E-state index in [0.29, 0.717) is 0 Å². The van der Waals surface area contributed by atoms with Crippen molar-refractivity contribution in [2.45, 2.75) is 32.4 Å². The number of allylic oxidation sites excluding steroid dienone is 1. The Morgan fingerprint density at radius 2 is 2.04 bits per heavy atom. The molecule has 150 valence electrons. The number of nitro groups is 1. The Hall–Kier alpha value is -3.24. The molecule has 1 aromatic carbocycles. The number of aliphatic imine (C=N–C) groups is 1. The normalized spacial score (nSPS) is 17.0. The van der Waals surface area contributed by atoms with Gasteiger partial charge in [-0.05, 0) is 19.4 Å². The molecule has 0 spiro atoms.